The van der Waals surface area contributed by atoms with Crippen LogP contribution in [0.1, 0.15) is 90.0 Å². The van der Waals surface area contributed by atoms with Gasteiger partial charge in [-0.15, -0.1) is 0 Å². The zero-order valence-corrected chi connectivity index (χ0v) is 26.5. The summed E-state index contributed by atoms with van der Waals surface area (Å²) in [5, 5.41) is 22.1. The molecule has 0 aromatic rings. The Labute approximate surface area is 216 Å². The van der Waals surface area contributed by atoms with E-state index in [9.17, 15) is 15.0 Å². The third kappa shape index (κ3) is 6.78. The highest BCUT2D eigenvalue weighted by Crippen LogP contribution is 2.46. The van der Waals surface area contributed by atoms with Crippen LogP contribution in [0, 0.1) is 0 Å². The van der Waals surface area contributed by atoms with Crippen LogP contribution < -0.4 is 0 Å². The minimum absolute atomic E-state index is 0.213. The van der Waals surface area contributed by atoms with Crippen molar-refractivity contribution in [3.63, 3.8) is 0 Å². The van der Waals surface area contributed by atoms with Crippen molar-refractivity contribution < 1.29 is 33.3 Å². The van der Waals surface area contributed by atoms with E-state index in [0.29, 0.717) is 16.6 Å². The van der Waals surface area contributed by atoms with Gasteiger partial charge in [0.2, 0.25) is 8.32 Å². The maximum absolute atomic E-state index is 11.7. The van der Waals surface area contributed by atoms with Crippen molar-refractivity contribution in [2.24, 2.45) is 0 Å². The number of carbonyl (C=O) groups is 1. The number of ether oxygens (including phenoxy) is 2. The van der Waals surface area contributed by atoms with E-state index in [-0.39, 0.29) is 23.2 Å². The lowest BCUT2D eigenvalue weighted by atomic mass is 9.99. The van der Waals surface area contributed by atoms with Crippen LogP contribution in [0.15, 0.2) is 0 Å². The van der Waals surface area contributed by atoms with Gasteiger partial charge in [0.15, 0.2) is 20.7 Å². The molecule has 35 heavy (non-hydrogen) atoms. The van der Waals surface area contributed by atoms with Gasteiger partial charge in [-0.05, 0) is 33.2 Å². The molecule has 2 N–H and O–H groups in total. The van der Waals surface area contributed by atoms with Crippen molar-refractivity contribution in [1.82, 2.24) is 0 Å². The first-order chi connectivity index (χ1) is 16.0. The lowest BCUT2D eigenvalue weighted by Crippen LogP contribution is -2.65. The van der Waals surface area contributed by atoms with Crippen molar-refractivity contribution in [2.75, 3.05) is 6.61 Å². The number of carbonyl (C=O) groups excluding carboxylic acids is 1. The van der Waals surface area contributed by atoms with Crippen LogP contribution in [-0.2, 0) is 23.1 Å². The quantitative estimate of drug-likeness (QED) is 0.243. The maximum Gasteiger partial charge on any atom is 0.303 e. The lowest BCUT2D eigenvalue weighted by Gasteiger charge is -2.51. The second-order valence-electron chi connectivity index (χ2n) is 12.2. The van der Waals surface area contributed by atoms with E-state index in [2.05, 4.69) is 83.1 Å². The minimum Gasteiger partial charge on any atom is -0.454 e. The monoisotopic (exact) mass is 534 g/mol. The smallest absolute Gasteiger partial charge is 0.303 e. The van der Waals surface area contributed by atoms with Crippen molar-refractivity contribution in [2.45, 2.75) is 154 Å². The molecular weight excluding hydrogens is 480 g/mol. The van der Waals surface area contributed by atoms with Gasteiger partial charge in [-0.3, -0.25) is 4.79 Å². The number of hydrogen-bond acceptors (Lipinski definition) is 7. The highest BCUT2D eigenvalue weighted by atomic mass is 28.4. The molecule has 1 fully saturated rings. The predicted molar refractivity (Wildman–Crippen MR) is 145 cm³/mol. The average molecular weight is 535 g/mol. The maximum atomic E-state index is 11.7. The summed E-state index contributed by atoms with van der Waals surface area (Å²) in [6.45, 7) is 27.9. The van der Waals surface area contributed by atoms with Crippen LogP contribution >= 0.6 is 0 Å². The molecule has 208 valence electrons. The summed E-state index contributed by atoms with van der Waals surface area (Å²) in [6.07, 6.45) is -5.36. The van der Waals surface area contributed by atoms with E-state index in [1.165, 1.54) is 6.92 Å². The van der Waals surface area contributed by atoms with E-state index < -0.39 is 53.3 Å². The first-order valence-electron chi connectivity index (χ1n) is 13.5. The highest BCUT2D eigenvalue weighted by molar-refractivity contribution is 6.78. The van der Waals surface area contributed by atoms with Gasteiger partial charge in [-0.1, -0.05) is 83.1 Å². The molecule has 1 aliphatic rings. The van der Waals surface area contributed by atoms with Crippen molar-refractivity contribution >= 4 is 22.6 Å². The summed E-state index contributed by atoms with van der Waals surface area (Å²) in [5.74, 6) is -0.587. The molecule has 0 spiro atoms. The SMILES string of the molecule is CC(=O)O[C@H]1C(O)O[C@@H](CO[Si](C(C)C)(C(C)C)C(C)C)[C@H](O[Si](C(C)C)(C(C)C)C(C)C)[C@H]1O. The van der Waals surface area contributed by atoms with Crippen LogP contribution in [0.5, 0.6) is 0 Å². The Morgan fingerprint density at radius 1 is 0.743 bits per heavy atom. The average Bonchev–Trinajstić information content (AvgIpc) is 2.69. The Bertz CT molecular complexity index is 623. The lowest BCUT2D eigenvalue weighted by molar-refractivity contribution is -0.287. The van der Waals surface area contributed by atoms with Crippen LogP contribution in [0.3, 0.4) is 0 Å². The number of hydrogen-bond donors (Lipinski definition) is 2. The van der Waals surface area contributed by atoms with E-state index in [4.69, 9.17) is 18.3 Å². The third-order valence-electron chi connectivity index (χ3n) is 8.19. The first kappa shape index (κ1) is 32.7. The summed E-state index contributed by atoms with van der Waals surface area (Å²) in [4.78, 5) is 11.7. The number of aliphatic hydroxyl groups is 2. The molecule has 1 heterocycles. The molecule has 5 atom stereocenters. The Kier molecular flexibility index (Phi) is 12.1. The van der Waals surface area contributed by atoms with Gasteiger partial charge in [-0.25, -0.2) is 0 Å². The molecular formula is C26H54O7Si2. The molecule has 0 saturated carbocycles. The summed E-state index contributed by atoms with van der Waals surface area (Å²) in [6, 6.07) is 0. The molecule has 0 aromatic heterocycles. The van der Waals surface area contributed by atoms with Gasteiger partial charge in [0.1, 0.15) is 18.3 Å². The summed E-state index contributed by atoms with van der Waals surface area (Å²) in [5.41, 5.74) is 1.99. The molecule has 1 unspecified atom stereocenters. The number of aliphatic hydroxyl groups excluding tert-OH is 2. The Hall–Kier alpha value is -0.296. The normalized spacial score (nSPS) is 26.6. The summed E-state index contributed by atoms with van der Waals surface area (Å²) >= 11 is 0. The van der Waals surface area contributed by atoms with Crippen molar-refractivity contribution in [1.29, 1.82) is 0 Å². The molecule has 0 amide bonds. The van der Waals surface area contributed by atoms with Crippen molar-refractivity contribution in [3.05, 3.63) is 0 Å². The molecule has 1 saturated heterocycles. The number of rotatable bonds is 12. The largest absolute Gasteiger partial charge is 0.454 e. The third-order valence-corrected chi connectivity index (χ3v) is 20.4. The highest BCUT2D eigenvalue weighted by Gasteiger charge is 2.55. The van der Waals surface area contributed by atoms with Gasteiger partial charge in [0.05, 0.1) is 6.61 Å². The number of esters is 1. The summed E-state index contributed by atoms with van der Waals surface area (Å²) < 4.78 is 25.1. The topological polar surface area (TPSA) is 94.5 Å². The molecule has 7 nitrogen and oxygen atoms in total. The molecule has 0 aromatic carbocycles. The fraction of sp³-hybridized carbons (Fsp3) is 0.962. The van der Waals surface area contributed by atoms with Crippen LogP contribution in [0.25, 0.3) is 0 Å². The second-order valence-corrected chi connectivity index (χ2v) is 23.0. The molecule has 9 heteroatoms. The van der Waals surface area contributed by atoms with Crippen LogP contribution in [0.2, 0.25) is 33.2 Å². The summed E-state index contributed by atoms with van der Waals surface area (Å²) in [7, 11) is -4.66. The van der Waals surface area contributed by atoms with Gasteiger partial charge < -0.3 is 28.5 Å². The Morgan fingerprint density at radius 2 is 1.14 bits per heavy atom. The second kappa shape index (κ2) is 13.0. The molecule has 1 aliphatic heterocycles. The van der Waals surface area contributed by atoms with E-state index in [1.54, 1.807) is 0 Å². The first-order valence-corrected chi connectivity index (χ1v) is 17.7. The predicted octanol–water partition coefficient (Wildman–Crippen LogP) is 5.75. The van der Waals surface area contributed by atoms with Gasteiger partial charge in [0.25, 0.3) is 0 Å². The van der Waals surface area contributed by atoms with E-state index in [1.807, 2.05) is 0 Å². The zero-order chi connectivity index (χ0) is 27.5. The van der Waals surface area contributed by atoms with Gasteiger partial charge in [0, 0.05) is 6.92 Å². The molecule has 0 aliphatic carbocycles. The minimum atomic E-state index is -2.44. The van der Waals surface area contributed by atoms with E-state index in [0.717, 1.165) is 0 Å². The van der Waals surface area contributed by atoms with Gasteiger partial charge >= 0.3 is 5.97 Å². The Morgan fingerprint density at radius 3 is 1.49 bits per heavy atom. The molecule has 0 bridgehead atoms. The Balaban J connectivity index is 3.48. The van der Waals surface area contributed by atoms with E-state index >= 15 is 0 Å². The van der Waals surface area contributed by atoms with Crippen LogP contribution in [0.4, 0.5) is 0 Å². The van der Waals surface area contributed by atoms with Crippen LogP contribution in [-0.4, -0.2) is 70.1 Å². The molecule has 1 rings (SSSR count). The fourth-order valence-electron chi connectivity index (χ4n) is 6.88. The van der Waals surface area contributed by atoms with Crippen molar-refractivity contribution in [3.8, 4) is 0 Å². The fourth-order valence-corrected chi connectivity index (χ4v) is 17.9. The van der Waals surface area contributed by atoms with Gasteiger partial charge in [-0.2, -0.15) is 0 Å². The zero-order valence-electron chi connectivity index (χ0n) is 24.5. The molecule has 0 radical (unpaired) electrons. The standard InChI is InChI=1S/C26H54O7Si2/c1-15(2)34(16(3)4,17(5)6)30-14-22-24(23(28)25(26(29)32-22)31-21(13)27)33-35(18(7)8,19(9)10)20(11)12/h15-20,22-26,28-29H,14H2,1-13H3/t22-,23+,24-,25+,26?/m0/s1.